The number of nitriles is 1. The third-order valence-electron chi connectivity index (χ3n) is 5.30. The number of esters is 2. The summed E-state index contributed by atoms with van der Waals surface area (Å²) in [7, 11) is 4.00. The molecule has 1 N–H and O–H groups in total. The zero-order chi connectivity index (χ0) is 24.8. The number of rotatable bonds is 8. The van der Waals surface area contributed by atoms with Crippen LogP contribution in [0.3, 0.4) is 0 Å². The lowest BCUT2D eigenvalue weighted by atomic mass is 9.99. The second-order valence-corrected chi connectivity index (χ2v) is 8.32. The minimum atomic E-state index is -0.699. The van der Waals surface area contributed by atoms with E-state index >= 15 is 0 Å². The van der Waals surface area contributed by atoms with Crippen LogP contribution in [0.5, 0.6) is 11.5 Å². The molecule has 178 valence electrons. The van der Waals surface area contributed by atoms with Gasteiger partial charge in [0, 0.05) is 4.88 Å². The number of nitrogens with zero attached hydrogens (tertiary/aromatic N) is 1. The predicted octanol–water partition coefficient (Wildman–Crippen LogP) is 3.69. The van der Waals surface area contributed by atoms with Crippen molar-refractivity contribution in [3.63, 3.8) is 0 Å². The predicted molar refractivity (Wildman–Crippen MR) is 125 cm³/mol. The van der Waals surface area contributed by atoms with Crippen molar-refractivity contribution in [2.45, 2.75) is 25.7 Å². The Bertz CT molecular complexity index is 1190. The summed E-state index contributed by atoms with van der Waals surface area (Å²) in [5.41, 5.74) is 1.00. The van der Waals surface area contributed by atoms with E-state index < -0.39 is 23.8 Å². The van der Waals surface area contributed by atoms with Gasteiger partial charge in [-0.1, -0.05) is 6.07 Å². The quantitative estimate of drug-likeness (QED) is 0.342. The van der Waals surface area contributed by atoms with Crippen molar-refractivity contribution in [2.75, 3.05) is 33.3 Å². The zero-order valence-electron chi connectivity index (χ0n) is 19.2. The van der Waals surface area contributed by atoms with Crippen LogP contribution in [-0.2, 0) is 25.5 Å². The Hall–Kier alpha value is -3.84. The number of hydrogen-bond acceptors (Lipinski definition) is 9. The van der Waals surface area contributed by atoms with Crippen LogP contribution >= 0.6 is 11.3 Å². The van der Waals surface area contributed by atoms with Crippen LogP contribution in [0.25, 0.3) is 6.08 Å². The molecule has 10 heteroatoms. The SMILES string of the molecule is CCOc1ccc(/C=C(\C#N)C(=O)Nc2sc3c(c2C(=O)OC)C(C(=O)OC)CC3)cc1OC. The molecular weight excluding hydrogens is 460 g/mol. The Morgan fingerprint density at radius 2 is 1.97 bits per heavy atom. The first-order valence-corrected chi connectivity index (χ1v) is 11.3. The summed E-state index contributed by atoms with van der Waals surface area (Å²) in [5, 5.41) is 12.5. The molecule has 0 fully saturated rings. The van der Waals surface area contributed by atoms with Gasteiger partial charge in [0.25, 0.3) is 5.91 Å². The van der Waals surface area contributed by atoms with Gasteiger partial charge >= 0.3 is 11.9 Å². The van der Waals surface area contributed by atoms with E-state index in [9.17, 15) is 19.6 Å². The minimum absolute atomic E-state index is 0.115. The van der Waals surface area contributed by atoms with Gasteiger partial charge in [-0.15, -0.1) is 11.3 Å². The van der Waals surface area contributed by atoms with Crippen LogP contribution in [0, 0.1) is 11.3 Å². The van der Waals surface area contributed by atoms with Crippen LogP contribution in [0.4, 0.5) is 5.00 Å². The van der Waals surface area contributed by atoms with E-state index in [-0.39, 0.29) is 16.1 Å². The fourth-order valence-electron chi connectivity index (χ4n) is 3.77. The molecule has 1 atom stereocenters. The second-order valence-electron chi connectivity index (χ2n) is 7.22. The monoisotopic (exact) mass is 484 g/mol. The number of nitrogens with one attached hydrogen (secondary N) is 1. The highest BCUT2D eigenvalue weighted by molar-refractivity contribution is 7.17. The van der Waals surface area contributed by atoms with Crippen LogP contribution < -0.4 is 14.8 Å². The summed E-state index contributed by atoms with van der Waals surface area (Å²) in [6.07, 6.45) is 2.48. The Morgan fingerprint density at radius 1 is 1.21 bits per heavy atom. The third kappa shape index (κ3) is 4.89. The first-order chi connectivity index (χ1) is 16.4. The molecule has 2 aromatic rings. The van der Waals surface area contributed by atoms with E-state index in [1.54, 1.807) is 18.2 Å². The number of hydrogen-bond donors (Lipinski definition) is 1. The van der Waals surface area contributed by atoms with Crippen molar-refractivity contribution >= 4 is 40.3 Å². The molecule has 0 radical (unpaired) electrons. The lowest BCUT2D eigenvalue weighted by Crippen LogP contribution is -2.18. The van der Waals surface area contributed by atoms with Crippen LogP contribution in [0.15, 0.2) is 23.8 Å². The number of aryl methyl sites for hydroxylation is 1. The Labute approximate surface area is 200 Å². The number of methoxy groups -OCH3 is 3. The van der Waals surface area contributed by atoms with Gasteiger partial charge in [-0.05, 0) is 49.1 Å². The minimum Gasteiger partial charge on any atom is -0.493 e. The lowest BCUT2D eigenvalue weighted by molar-refractivity contribution is -0.142. The molecular formula is C24H24N2O7S. The maximum absolute atomic E-state index is 12.9. The molecule has 0 saturated heterocycles. The number of anilines is 1. The lowest BCUT2D eigenvalue weighted by Gasteiger charge is -2.12. The largest absolute Gasteiger partial charge is 0.493 e. The molecule has 0 bridgehead atoms. The van der Waals surface area contributed by atoms with Gasteiger partial charge in [-0.25, -0.2) is 4.79 Å². The fraction of sp³-hybridized carbons (Fsp3) is 0.333. The van der Waals surface area contributed by atoms with Crippen molar-refractivity contribution in [1.29, 1.82) is 5.26 Å². The van der Waals surface area contributed by atoms with Gasteiger partial charge in [0.1, 0.15) is 16.6 Å². The number of ether oxygens (including phenoxy) is 4. The van der Waals surface area contributed by atoms with E-state index in [0.717, 1.165) is 4.88 Å². The molecule has 1 heterocycles. The zero-order valence-corrected chi connectivity index (χ0v) is 20.0. The summed E-state index contributed by atoms with van der Waals surface area (Å²) in [6, 6.07) is 6.92. The maximum Gasteiger partial charge on any atom is 0.341 e. The first-order valence-electron chi connectivity index (χ1n) is 10.4. The summed E-state index contributed by atoms with van der Waals surface area (Å²) in [5.74, 6) is -1.44. The maximum atomic E-state index is 12.9. The van der Waals surface area contributed by atoms with Crippen molar-refractivity contribution in [1.82, 2.24) is 0 Å². The normalized spacial score (nSPS) is 14.6. The molecule has 3 rings (SSSR count). The van der Waals surface area contributed by atoms with E-state index in [0.29, 0.717) is 42.1 Å². The van der Waals surface area contributed by atoms with Gasteiger partial charge in [-0.2, -0.15) is 5.26 Å². The topological polar surface area (TPSA) is 124 Å². The average Bonchev–Trinajstić information content (AvgIpc) is 3.41. The van der Waals surface area contributed by atoms with Crippen LogP contribution in [0.2, 0.25) is 0 Å². The van der Waals surface area contributed by atoms with Crippen LogP contribution in [0.1, 0.15) is 45.6 Å². The number of fused-ring (bicyclic) bond motifs is 1. The van der Waals surface area contributed by atoms with Gasteiger partial charge in [0.05, 0.1) is 39.4 Å². The number of benzene rings is 1. The fourth-order valence-corrected chi connectivity index (χ4v) is 5.03. The highest BCUT2D eigenvalue weighted by Gasteiger charge is 2.38. The summed E-state index contributed by atoms with van der Waals surface area (Å²) >= 11 is 1.19. The average molecular weight is 485 g/mol. The van der Waals surface area contributed by atoms with Gasteiger partial charge in [0.2, 0.25) is 0 Å². The first kappa shape index (κ1) is 24.8. The van der Waals surface area contributed by atoms with Gasteiger partial charge < -0.3 is 24.3 Å². The van der Waals surface area contributed by atoms with E-state index in [1.807, 2.05) is 13.0 Å². The molecule has 1 unspecified atom stereocenters. The highest BCUT2D eigenvalue weighted by Crippen LogP contribution is 2.46. The van der Waals surface area contributed by atoms with Crippen LogP contribution in [-0.4, -0.2) is 45.8 Å². The number of carbonyl (C=O) groups excluding carboxylic acids is 3. The molecule has 34 heavy (non-hydrogen) atoms. The molecule has 1 aromatic heterocycles. The molecule has 0 aliphatic heterocycles. The van der Waals surface area contributed by atoms with E-state index in [2.05, 4.69) is 5.32 Å². The summed E-state index contributed by atoms with van der Waals surface area (Å²) in [6.45, 7) is 2.31. The molecule has 1 amide bonds. The summed E-state index contributed by atoms with van der Waals surface area (Å²) < 4.78 is 20.6. The van der Waals surface area contributed by atoms with E-state index in [1.165, 1.54) is 38.7 Å². The van der Waals surface area contributed by atoms with E-state index in [4.69, 9.17) is 18.9 Å². The number of amides is 1. The van der Waals surface area contributed by atoms with Gasteiger partial charge in [0.15, 0.2) is 11.5 Å². The standard InChI is InChI=1S/C24H24N2O7S/c1-5-33-16-8-6-13(11-17(16)30-2)10-14(12-25)21(27)26-22-20(24(29)32-4)19-15(23(28)31-3)7-9-18(19)34-22/h6,8,10-11,15H,5,7,9H2,1-4H3,(H,26,27)/b14-10+. The molecule has 0 saturated carbocycles. The third-order valence-corrected chi connectivity index (χ3v) is 6.48. The summed E-state index contributed by atoms with van der Waals surface area (Å²) in [4.78, 5) is 38.5. The Balaban J connectivity index is 1.94. The van der Waals surface area contributed by atoms with Crippen molar-refractivity contribution < 1.29 is 33.3 Å². The Kier molecular flexibility index (Phi) is 7.91. The van der Waals surface area contributed by atoms with Crippen molar-refractivity contribution in [3.05, 3.63) is 45.3 Å². The molecule has 1 aliphatic carbocycles. The number of thiophene rings is 1. The van der Waals surface area contributed by atoms with Crippen molar-refractivity contribution in [3.8, 4) is 17.6 Å². The Morgan fingerprint density at radius 3 is 2.59 bits per heavy atom. The number of carbonyl (C=O) groups is 3. The van der Waals surface area contributed by atoms with Crippen molar-refractivity contribution in [2.24, 2.45) is 0 Å². The molecule has 9 nitrogen and oxygen atoms in total. The molecule has 1 aromatic carbocycles. The highest BCUT2D eigenvalue weighted by atomic mass is 32.1. The smallest absolute Gasteiger partial charge is 0.341 e. The van der Waals surface area contributed by atoms with Gasteiger partial charge in [-0.3, -0.25) is 9.59 Å². The molecule has 1 aliphatic rings. The molecule has 0 spiro atoms. The second kappa shape index (κ2) is 10.9.